The summed E-state index contributed by atoms with van der Waals surface area (Å²) in [6.07, 6.45) is 11.7. The molecule has 1 fully saturated rings. The third-order valence-corrected chi connectivity index (χ3v) is 4.62. The van der Waals surface area contributed by atoms with Crippen LogP contribution >= 0.6 is 15.9 Å². The van der Waals surface area contributed by atoms with E-state index in [0.29, 0.717) is 6.61 Å². The first-order chi connectivity index (χ1) is 8.75. The molecule has 0 aliphatic heterocycles. The van der Waals surface area contributed by atoms with E-state index in [-0.39, 0.29) is 11.4 Å². The molecule has 0 radical (unpaired) electrons. The number of hydrogen-bond acceptors (Lipinski definition) is 2. The zero-order chi connectivity index (χ0) is 13.3. The molecule has 0 aromatic rings. The molecule has 0 atom stereocenters. The van der Waals surface area contributed by atoms with Crippen molar-refractivity contribution in [2.75, 3.05) is 11.9 Å². The molecule has 0 unspecified atom stereocenters. The Morgan fingerprint density at radius 3 is 2.39 bits per heavy atom. The fourth-order valence-electron chi connectivity index (χ4n) is 2.98. The minimum absolute atomic E-state index is 0.0743. The van der Waals surface area contributed by atoms with Crippen LogP contribution in [0.1, 0.15) is 71.1 Å². The molecule has 106 valence electrons. The summed E-state index contributed by atoms with van der Waals surface area (Å²) in [5.41, 5.74) is -0.136. The standard InChI is InChI=1S/C15H27BrO2/c1-2-18-14(17)15(11-7-5-8-12-15)10-6-3-4-9-13-16/h2-13H2,1H3. The van der Waals surface area contributed by atoms with Gasteiger partial charge in [0.05, 0.1) is 12.0 Å². The number of carbonyl (C=O) groups excluding carboxylic acids is 1. The molecule has 1 aliphatic rings. The van der Waals surface area contributed by atoms with Crippen LogP contribution in [0.4, 0.5) is 0 Å². The summed E-state index contributed by atoms with van der Waals surface area (Å²) in [4.78, 5) is 12.2. The Hall–Kier alpha value is -0.0500. The molecule has 0 bridgehead atoms. The zero-order valence-corrected chi connectivity index (χ0v) is 13.3. The number of hydrogen-bond donors (Lipinski definition) is 0. The summed E-state index contributed by atoms with van der Waals surface area (Å²) in [5, 5.41) is 1.09. The van der Waals surface area contributed by atoms with Gasteiger partial charge in [-0.1, -0.05) is 54.5 Å². The van der Waals surface area contributed by atoms with Crippen molar-refractivity contribution in [3.63, 3.8) is 0 Å². The number of rotatable bonds is 8. The summed E-state index contributed by atoms with van der Waals surface area (Å²) in [6, 6.07) is 0. The Morgan fingerprint density at radius 1 is 1.11 bits per heavy atom. The molecule has 0 amide bonds. The van der Waals surface area contributed by atoms with Crippen LogP contribution in [0.25, 0.3) is 0 Å². The number of esters is 1. The van der Waals surface area contributed by atoms with Gasteiger partial charge in [0.25, 0.3) is 0 Å². The number of halogens is 1. The van der Waals surface area contributed by atoms with Gasteiger partial charge in [-0.25, -0.2) is 0 Å². The lowest BCUT2D eigenvalue weighted by Gasteiger charge is -2.35. The van der Waals surface area contributed by atoms with E-state index >= 15 is 0 Å². The van der Waals surface area contributed by atoms with E-state index in [9.17, 15) is 4.79 Å². The predicted octanol–water partition coefficient (Wildman–Crippen LogP) is 4.85. The Morgan fingerprint density at radius 2 is 1.78 bits per heavy atom. The van der Waals surface area contributed by atoms with Crippen molar-refractivity contribution in [1.82, 2.24) is 0 Å². The minimum Gasteiger partial charge on any atom is -0.466 e. The van der Waals surface area contributed by atoms with E-state index in [1.807, 2.05) is 6.92 Å². The average Bonchev–Trinajstić information content (AvgIpc) is 2.40. The first-order valence-corrected chi connectivity index (χ1v) is 8.60. The van der Waals surface area contributed by atoms with Crippen LogP contribution in [0.3, 0.4) is 0 Å². The van der Waals surface area contributed by atoms with Crippen LogP contribution < -0.4 is 0 Å². The maximum absolute atomic E-state index is 12.2. The molecule has 0 aromatic carbocycles. The van der Waals surface area contributed by atoms with Crippen molar-refractivity contribution >= 4 is 21.9 Å². The zero-order valence-electron chi connectivity index (χ0n) is 11.7. The lowest BCUT2D eigenvalue weighted by molar-refractivity contribution is -0.158. The van der Waals surface area contributed by atoms with Crippen LogP contribution in [-0.4, -0.2) is 17.9 Å². The van der Waals surface area contributed by atoms with E-state index in [1.165, 1.54) is 44.9 Å². The highest BCUT2D eigenvalue weighted by atomic mass is 79.9. The number of carbonyl (C=O) groups is 1. The molecule has 0 saturated heterocycles. The molecule has 18 heavy (non-hydrogen) atoms. The quantitative estimate of drug-likeness (QED) is 0.363. The van der Waals surface area contributed by atoms with E-state index < -0.39 is 0 Å². The fraction of sp³-hybridized carbons (Fsp3) is 0.933. The maximum atomic E-state index is 12.2. The van der Waals surface area contributed by atoms with Crippen molar-refractivity contribution in [3.05, 3.63) is 0 Å². The Bertz CT molecular complexity index is 235. The lowest BCUT2D eigenvalue weighted by Crippen LogP contribution is -2.35. The second kappa shape index (κ2) is 8.95. The Kier molecular flexibility index (Phi) is 7.96. The van der Waals surface area contributed by atoms with Crippen molar-refractivity contribution in [2.45, 2.75) is 71.1 Å². The number of unbranched alkanes of at least 4 members (excludes halogenated alkanes) is 3. The Balaban J connectivity index is 2.42. The molecule has 0 spiro atoms. The largest absolute Gasteiger partial charge is 0.466 e. The first kappa shape index (κ1) is 16.0. The molecule has 1 rings (SSSR count). The van der Waals surface area contributed by atoms with Gasteiger partial charge in [0.15, 0.2) is 0 Å². The van der Waals surface area contributed by atoms with Gasteiger partial charge in [0.1, 0.15) is 0 Å². The van der Waals surface area contributed by atoms with Gasteiger partial charge in [-0.2, -0.15) is 0 Å². The van der Waals surface area contributed by atoms with Crippen LogP contribution in [0.15, 0.2) is 0 Å². The molecule has 1 saturated carbocycles. The molecule has 1 aliphatic carbocycles. The average molecular weight is 319 g/mol. The Labute approximate surface area is 120 Å². The summed E-state index contributed by atoms with van der Waals surface area (Å²) in [6.45, 7) is 2.43. The first-order valence-electron chi connectivity index (χ1n) is 7.48. The molecular weight excluding hydrogens is 292 g/mol. The van der Waals surface area contributed by atoms with Crippen LogP contribution in [0.2, 0.25) is 0 Å². The summed E-state index contributed by atoms with van der Waals surface area (Å²) in [5.74, 6) is 0.0743. The molecular formula is C15H27BrO2. The van der Waals surface area contributed by atoms with Gasteiger partial charge in [-0.3, -0.25) is 4.79 Å². The van der Waals surface area contributed by atoms with Gasteiger partial charge in [-0.15, -0.1) is 0 Å². The highest BCUT2D eigenvalue weighted by Crippen LogP contribution is 2.41. The number of alkyl halides is 1. The van der Waals surface area contributed by atoms with Gasteiger partial charge >= 0.3 is 5.97 Å². The van der Waals surface area contributed by atoms with Gasteiger partial charge in [0, 0.05) is 5.33 Å². The van der Waals surface area contributed by atoms with Gasteiger partial charge in [-0.05, 0) is 32.6 Å². The second-order valence-electron chi connectivity index (χ2n) is 5.41. The summed E-state index contributed by atoms with van der Waals surface area (Å²) < 4.78 is 5.32. The highest BCUT2D eigenvalue weighted by Gasteiger charge is 2.39. The van der Waals surface area contributed by atoms with Crippen molar-refractivity contribution in [3.8, 4) is 0 Å². The van der Waals surface area contributed by atoms with Gasteiger partial charge < -0.3 is 4.74 Å². The highest BCUT2D eigenvalue weighted by molar-refractivity contribution is 9.09. The number of ether oxygens (including phenoxy) is 1. The third kappa shape index (κ3) is 4.91. The lowest BCUT2D eigenvalue weighted by atomic mass is 9.71. The van der Waals surface area contributed by atoms with Crippen LogP contribution in [-0.2, 0) is 9.53 Å². The van der Waals surface area contributed by atoms with E-state index in [0.717, 1.165) is 24.6 Å². The monoisotopic (exact) mass is 318 g/mol. The van der Waals surface area contributed by atoms with Gasteiger partial charge in [0.2, 0.25) is 0 Å². The molecule has 2 nitrogen and oxygen atoms in total. The van der Waals surface area contributed by atoms with Crippen molar-refractivity contribution in [2.24, 2.45) is 5.41 Å². The normalized spacial score (nSPS) is 18.6. The van der Waals surface area contributed by atoms with E-state index in [1.54, 1.807) is 0 Å². The second-order valence-corrected chi connectivity index (χ2v) is 6.21. The minimum atomic E-state index is -0.136. The third-order valence-electron chi connectivity index (χ3n) is 4.06. The van der Waals surface area contributed by atoms with E-state index in [4.69, 9.17) is 4.74 Å². The fourth-order valence-corrected chi connectivity index (χ4v) is 3.38. The van der Waals surface area contributed by atoms with Crippen molar-refractivity contribution < 1.29 is 9.53 Å². The SMILES string of the molecule is CCOC(=O)C1(CCCCCCBr)CCCCC1. The van der Waals surface area contributed by atoms with E-state index in [2.05, 4.69) is 15.9 Å². The topological polar surface area (TPSA) is 26.3 Å². The van der Waals surface area contributed by atoms with Crippen molar-refractivity contribution in [1.29, 1.82) is 0 Å². The smallest absolute Gasteiger partial charge is 0.312 e. The predicted molar refractivity (Wildman–Crippen MR) is 79.0 cm³/mol. The summed E-state index contributed by atoms with van der Waals surface area (Å²) in [7, 11) is 0. The summed E-state index contributed by atoms with van der Waals surface area (Å²) >= 11 is 3.46. The maximum Gasteiger partial charge on any atom is 0.312 e. The molecule has 0 heterocycles. The molecule has 3 heteroatoms. The molecule has 0 aromatic heterocycles. The van der Waals surface area contributed by atoms with Crippen LogP contribution in [0.5, 0.6) is 0 Å². The molecule has 0 N–H and O–H groups in total. The van der Waals surface area contributed by atoms with Crippen LogP contribution in [0, 0.1) is 5.41 Å².